The van der Waals surface area contributed by atoms with Gasteiger partial charge in [-0.1, -0.05) is 29.8 Å². The number of hydrogen-bond donors (Lipinski definition) is 1. The van der Waals surface area contributed by atoms with Crippen molar-refractivity contribution in [2.45, 2.75) is 32.1 Å². The molecule has 1 aromatic rings. The van der Waals surface area contributed by atoms with Gasteiger partial charge in [0.05, 0.1) is 5.92 Å². The van der Waals surface area contributed by atoms with Crippen molar-refractivity contribution in [1.82, 2.24) is 4.90 Å². The number of carbonyl (C=O) groups is 2. The minimum atomic E-state index is -0.682. The van der Waals surface area contributed by atoms with Gasteiger partial charge in [0.2, 0.25) is 5.91 Å². The van der Waals surface area contributed by atoms with Crippen LogP contribution in [0.1, 0.15) is 31.2 Å². The van der Waals surface area contributed by atoms with Crippen LogP contribution in [0.4, 0.5) is 0 Å². The fourth-order valence-corrected chi connectivity index (χ4v) is 3.78. The van der Waals surface area contributed by atoms with Gasteiger partial charge >= 0.3 is 5.97 Å². The first-order valence-electron chi connectivity index (χ1n) is 7.76. The summed E-state index contributed by atoms with van der Waals surface area (Å²) >= 11 is 6.10. The van der Waals surface area contributed by atoms with Crippen LogP contribution in [0.25, 0.3) is 0 Å². The van der Waals surface area contributed by atoms with E-state index in [0.29, 0.717) is 31.0 Å². The van der Waals surface area contributed by atoms with E-state index in [4.69, 9.17) is 16.7 Å². The zero-order valence-electron chi connectivity index (χ0n) is 12.4. The molecular formula is C17H20ClNO3. The summed E-state index contributed by atoms with van der Waals surface area (Å²) in [6.45, 7) is 1.37. The minimum absolute atomic E-state index is 0.0225. The Balaban J connectivity index is 1.49. The molecule has 0 bridgehead atoms. The van der Waals surface area contributed by atoms with E-state index in [1.54, 1.807) is 0 Å². The smallest absolute Gasteiger partial charge is 0.307 e. The Morgan fingerprint density at radius 1 is 1.27 bits per heavy atom. The molecule has 3 rings (SSSR count). The van der Waals surface area contributed by atoms with E-state index < -0.39 is 5.97 Å². The van der Waals surface area contributed by atoms with Crippen molar-refractivity contribution < 1.29 is 14.7 Å². The Kier molecular flexibility index (Phi) is 4.13. The number of aryl methyl sites for hydroxylation is 1. The fraction of sp³-hybridized carbons (Fsp3) is 0.529. The van der Waals surface area contributed by atoms with Crippen molar-refractivity contribution in [3.8, 4) is 0 Å². The van der Waals surface area contributed by atoms with Crippen molar-refractivity contribution in [3.05, 3.63) is 34.9 Å². The second-order valence-corrected chi connectivity index (χ2v) is 6.84. The number of piperidine rings is 1. The topological polar surface area (TPSA) is 57.6 Å². The Morgan fingerprint density at radius 3 is 2.55 bits per heavy atom. The first kappa shape index (κ1) is 15.3. The summed E-state index contributed by atoms with van der Waals surface area (Å²) in [4.78, 5) is 25.2. The third-order valence-corrected chi connectivity index (χ3v) is 5.53. The molecule has 2 aliphatic rings. The summed E-state index contributed by atoms with van der Waals surface area (Å²) in [7, 11) is 0. The lowest BCUT2D eigenvalue weighted by atomic mass is 9.90. The highest BCUT2D eigenvalue weighted by atomic mass is 35.5. The summed E-state index contributed by atoms with van der Waals surface area (Å²) in [6.07, 6.45) is 3.53. The lowest BCUT2D eigenvalue weighted by molar-refractivity contribution is -0.139. The first-order valence-corrected chi connectivity index (χ1v) is 8.14. The molecule has 22 heavy (non-hydrogen) atoms. The van der Waals surface area contributed by atoms with Gasteiger partial charge in [0, 0.05) is 24.5 Å². The third-order valence-electron chi connectivity index (χ3n) is 5.17. The number of carbonyl (C=O) groups excluding carboxylic acids is 1. The van der Waals surface area contributed by atoms with Gasteiger partial charge in [-0.05, 0) is 42.7 Å². The molecule has 1 saturated carbocycles. The quantitative estimate of drug-likeness (QED) is 0.927. The van der Waals surface area contributed by atoms with Crippen molar-refractivity contribution in [2.24, 2.45) is 11.3 Å². The largest absolute Gasteiger partial charge is 0.481 e. The van der Waals surface area contributed by atoms with E-state index in [-0.39, 0.29) is 17.2 Å². The van der Waals surface area contributed by atoms with E-state index in [1.165, 1.54) is 0 Å². The van der Waals surface area contributed by atoms with Crippen molar-refractivity contribution in [3.63, 3.8) is 0 Å². The predicted molar refractivity (Wildman–Crippen MR) is 83.8 cm³/mol. The van der Waals surface area contributed by atoms with Gasteiger partial charge in [-0.2, -0.15) is 0 Å². The molecule has 1 saturated heterocycles. The number of halogens is 1. The van der Waals surface area contributed by atoms with Crippen molar-refractivity contribution in [1.29, 1.82) is 0 Å². The number of aliphatic carboxylic acids is 1. The van der Waals surface area contributed by atoms with E-state index in [0.717, 1.165) is 24.8 Å². The minimum Gasteiger partial charge on any atom is -0.481 e. The van der Waals surface area contributed by atoms with Gasteiger partial charge in [0.15, 0.2) is 0 Å². The zero-order valence-corrected chi connectivity index (χ0v) is 13.2. The highest BCUT2D eigenvalue weighted by Gasteiger charge is 2.59. The standard InChI is InChI=1S/C17H20ClNO3/c18-14-4-2-1-3-12(14)5-6-15(20)19-9-7-17(8-10-19)11-13(17)16(21)22/h1-4,13H,5-11H2,(H,21,22). The normalized spacial score (nSPS) is 22.6. The first-order chi connectivity index (χ1) is 10.5. The summed E-state index contributed by atoms with van der Waals surface area (Å²) in [5.41, 5.74) is 0.977. The van der Waals surface area contributed by atoms with E-state index in [1.807, 2.05) is 29.2 Å². The highest BCUT2D eigenvalue weighted by Crippen LogP contribution is 2.59. The van der Waals surface area contributed by atoms with E-state index in [9.17, 15) is 9.59 Å². The number of likely N-dealkylation sites (tertiary alicyclic amines) is 1. The fourth-order valence-electron chi connectivity index (χ4n) is 3.55. The molecule has 1 heterocycles. The monoisotopic (exact) mass is 321 g/mol. The van der Waals surface area contributed by atoms with Crippen LogP contribution in [-0.2, 0) is 16.0 Å². The molecule has 2 fully saturated rings. The SMILES string of the molecule is O=C(O)C1CC12CCN(C(=O)CCc1ccccc1Cl)CC2. The van der Waals surface area contributed by atoms with Gasteiger partial charge < -0.3 is 10.0 Å². The summed E-state index contributed by atoms with van der Waals surface area (Å²) in [6, 6.07) is 7.59. The predicted octanol–water partition coefficient (Wildman–Crippen LogP) is 2.99. The Labute approximate surface area is 135 Å². The molecule has 1 atom stereocenters. The number of amides is 1. The Bertz CT molecular complexity index is 593. The van der Waals surface area contributed by atoms with Gasteiger partial charge in [0.25, 0.3) is 0 Å². The molecule has 1 spiro atoms. The zero-order chi connectivity index (χ0) is 15.7. The average Bonchev–Trinajstić information content (AvgIpc) is 3.21. The summed E-state index contributed by atoms with van der Waals surface area (Å²) < 4.78 is 0. The maximum Gasteiger partial charge on any atom is 0.307 e. The van der Waals surface area contributed by atoms with Crippen LogP contribution in [0.3, 0.4) is 0 Å². The van der Waals surface area contributed by atoms with Crippen LogP contribution >= 0.6 is 11.6 Å². The molecular weight excluding hydrogens is 302 g/mol. The van der Waals surface area contributed by atoms with Crippen molar-refractivity contribution in [2.75, 3.05) is 13.1 Å². The number of carboxylic acids is 1. The third kappa shape index (κ3) is 2.98. The van der Waals surface area contributed by atoms with Crippen LogP contribution in [0, 0.1) is 11.3 Å². The Morgan fingerprint density at radius 2 is 1.95 bits per heavy atom. The van der Waals surface area contributed by atoms with Gasteiger partial charge in [-0.15, -0.1) is 0 Å². The summed E-state index contributed by atoms with van der Waals surface area (Å²) in [5, 5.41) is 9.79. The molecule has 5 heteroatoms. The lowest BCUT2D eigenvalue weighted by Gasteiger charge is -2.32. The second-order valence-electron chi connectivity index (χ2n) is 6.43. The van der Waals surface area contributed by atoms with Crippen LogP contribution in [0.15, 0.2) is 24.3 Å². The molecule has 118 valence electrons. The summed E-state index contributed by atoms with van der Waals surface area (Å²) in [5.74, 6) is -0.728. The molecule has 1 N–H and O–H groups in total. The highest BCUT2D eigenvalue weighted by molar-refractivity contribution is 6.31. The molecule has 0 radical (unpaired) electrons. The van der Waals surface area contributed by atoms with Crippen LogP contribution in [0.5, 0.6) is 0 Å². The van der Waals surface area contributed by atoms with Gasteiger partial charge in [-0.3, -0.25) is 9.59 Å². The number of hydrogen-bond acceptors (Lipinski definition) is 2. The van der Waals surface area contributed by atoms with Crippen LogP contribution in [0.2, 0.25) is 5.02 Å². The molecule has 0 aromatic heterocycles. The number of benzene rings is 1. The van der Waals surface area contributed by atoms with Crippen LogP contribution < -0.4 is 0 Å². The molecule has 1 aromatic carbocycles. The molecule has 1 aliphatic carbocycles. The van der Waals surface area contributed by atoms with Crippen LogP contribution in [-0.4, -0.2) is 35.0 Å². The molecule has 1 amide bonds. The second kappa shape index (κ2) is 5.92. The average molecular weight is 322 g/mol. The molecule has 4 nitrogen and oxygen atoms in total. The Hall–Kier alpha value is -1.55. The van der Waals surface area contributed by atoms with E-state index in [2.05, 4.69) is 0 Å². The maximum atomic E-state index is 12.3. The lowest BCUT2D eigenvalue weighted by Crippen LogP contribution is -2.40. The molecule has 1 unspecified atom stereocenters. The molecule has 1 aliphatic heterocycles. The van der Waals surface area contributed by atoms with Gasteiger partial charge in [-0.25, -0.2) is 0 Å². The van der Waals surface area contributed by atoms with Crippen molar-refractivity contribution >= 4 is 23.5 Å². The number of nitrogens with zero attached hydrogens (tertiary/aromatic N) is 1. The maximum absolute atomic E-state index is 12.3. The number of carboxylic acid groups (broad SMARTS) is 1. The van der Waals surface area contributed by atoms with Gasteiger partial charge in [0.1, 0.15) is 0 Å². The van der Waals surface area contributed by atoms with E-state index >= 15 is 0 Å². The number of rotatable bonds is 4.